The Labute approximate surface area is 64.0 Å². The van der Waals surface area contributed by atoms with E-state index in [1.54, 1.807) is 19.3 Å². The van der Waals surface area contributed by atoms with Crippen molar-refractivity contribution < 1.29 is 0 Å². The second-order valence-electron chi connectivity index (χ2n) is 4.49. The van der Waals surface area contributed by atoms with E-state index in [1.807, 2.05) is 0 Å². The molecule has 58 valence electrons. The fourth-order valence-corrected chi connectivity index (χ4v) is 2.49. The molecule has 2 atom stereocenters. The predicted molar refractivity (Wildman–Crippen MR) is 43.8 cm³/mol. The Morgan fingerprint density at radius 1 is 1.00 bits per heavy atom. The second-order valence-corrected chi connectivity index (χ2v) is 4.49. The van der Waals surface area contributed by atoms with Gasteiger partial charge in [-0.1, -0.05) is 13.8 Å². The third-order valence-electron chi connectivity index (χ3n) is 3.47. The molecule has 2 fully saturated rings. The van der Waals surface area contributed by atoms with Gasteiger partial charge < -0.3 is 0 Å². The highest BCUT2D eigenvalue weighted by Crippen LogP contribution is 2.52. The van der Waals surface area contributed by atoms with Crippen molar-refractivity contribution in [1.82, 2.24) is 0 Å². The molecule has 2 aliphatic carbocycles. The Morgan fingerprint density at radius 2 is 1.70 bits per heavy atom. The van der Waals surface area contributed by atoms with E-state index in [0.29, 0.717) is 0 Å². The zero-order valence-corrected chi connectivity index (χ0v) is 7.14. The average Bonchev–Trinajstić information content (AvgIpc) is 2.43. The standard InChI is InChI=1S/C10H18/c1-7(2)9-5-6-10(9)8-3-4-8/h7-10H,3-6H2,1-2H3/t9-,10-/m0/s1. The van der Waals surface area contributed by atoms with Gasteiger partial charge in [0.15, 0.2) is 0 Å². The highest BCUT2D eigenvalue weighted by molar-refractivity contribution is 4.92. The lowest BCUT2D eigenvalue weighted by molar-refractivity contribution is 0.101. The van der Waals surface area contributed by atoms with E-state index in [4.69, 9.17) is 0 Å². The van der Waals surface area contributed by atoms with Gasteiger partial charge in [-0.25, -0.2) is 0 Å². The maximum atomic E-state index is 2.39. The molecule has 0 unspecified atom stereocenters. The van der Waals surface area contributed by atoms with Gasteiger partial charge in [0, 0.05) is 0 Å². The summed E-state index contributed by atoms with van der Waals surface area (Å²) in [6, 6.07) is 0. The molecule has 10 heavy (non-hydrogen) atoms. The lowest BCUT2D eigenvalue weighted by Gasteiger charge is -2.40. The molecule has 0 aromatic heterocycles. The summed E-state index contributed by atoms with van der Waals surface area (Å²) in [6.07, 6.45) is 6.17. The van der Waals surface area contributed by atoms with Gasteiger partial charge in [-0.05, 0) is 49.4 Å². The molecule has 2 rings (SSSR count). The Hall–Kier alpha value is 0. The highest BCUT2D eigenvalue weighted by atomic mass is 14.5. The van der Waals surface area contributed by atoms with Crippen molar-refractivity contribution >= 4 is 0 Å². The van der Waals surface area contributed by atoms with Gasteiger partial charge in [0.2, 0.25) is 0 Å². The Kier molecular flexibility index (Phi) is 1.51. The van der Waals surface area contributed by atoms with E-state index in [0.717, 1.165) is 17.8 Å². The summed E-state index contributed by atoms with van der Waals surface area (Å²) >= 11 is 0. The van der Waals surface area contributed by atoms with Gasteiger partial charge in [0.05, 0.1) is 0 Å². The minimum atomic E-state index is 0.958. The van der Waals surface area contributed by atoms with Crippen molar-refractivity contribution in [2.45, 2.75) is 39.5 Å². The molecule has 0 aromatic rings. The van der Waals surface area contributed by atoms with Crippen LogP contribution in [0, 0.1) is 23.7 Å². The average molecular weight is 138 g/mol. The molecule has 2 aliphatic rings. The molecule has 0 bridgehead atoms. The van der Waals surface area contributed by atoms with Gasteiger partial charge in [-0.2, -0.15) is 0 Å². The molecule has 0 nitrogen and oxygen atoms in total. The normalized spacial score (nSPS) is 39.9. The molecular formula is C10H18. The SMILES string of the molecule is CC(C)[C@@H]1CC[C@H]1C1CC1. The Bertz CT molecular complexity index is 114. The van der Waals surface area contributed by atoms with Crippen LogP contribution in [0.2, 0.25) is 0 Å². The van der Waals surface area contributed by atoms with E-state index in [-0.39, 0.29) is 0 Å². The number of hydrogen-bond donors (Lipinski definition) is 0. The predicted octanol–water partition coefficient (Wildman–Crippen LogP) is 3.08. The largest absolute Gasteiger partial charge is 0.0625 e. The number of hydrogen-bond acceptors (Lipinski definition) is 0. The summed E-state index contributed by atoms with van der Waals surface area (Å²) in [5.74, 6) is 4.38. The van der Waals surface area contributed by atoms with E-state index < -0.39 is 0 Å². The Morgan fingerprint density at radius 3 is 2.00 bits per heavy atom. The van der Waals surface area contributed by atoms with Crippen molar-refractivity contribution in [3.63, 3.8) is 0 Å². The van der Waals surface area contributed by atoms with Crippen LogP contribution in [-0.4, -0.2) is 0 Å². The summed E-state index contributed by atoms with van der Waals surface area (Å²) in [7, 11) is 0. The maximum absolute atomic E-state index is 2.39. The van der Waals surface area contributed by atoms with Crippen LogP contribution in [0.4, 0.5) is 0 Å². The first-order chi connectivity index (χ1) is 4.79. The van der Waals surface area contributed by atoms with Gasteiger partial charge in [-0.15, -0.1) is 0 Å². The molecule has 2 saturated carbocycles. The van der Waals surface area contributed by atoms with Crippen molar-refractivity contribution in [2.24, 2.45) is 23.7 Å². The molecule has 0 radical (unpaired) electrons. The lowest BCUT2D eigenvalue weighted by Crippen LogP contribution is -2.31. The smallest absolute Gasteiger partial charge is 0.0355 e. The molecule has 0 spiro atoms. The zero-order chi connectivity index (χ0) is 7.14. The summed E-state index contributed by atoms with van der Waals surface area (Å²) in [6.45, 7) is 4.78. The molecule has 0 amide bonds. The summed E-state index contributed by atoms with van der Waals surface area (Å²) in [5.41, 5.74) is 0. The molecule has 0 N–H and O–H groups in total. The molecule has 0 aliphatic heterocycles. The van der Waals surface area contributed by atoms with Crippen LogP contribution in [0.15, 0.2) is 0 Å². The van der Waals surface area contributed by atoms with Crippen LogP contribution in [0.1, 0.15) is 39.5 Å². The van der Waals surface area contributed by atoms with Gasteiger partial charge in [0.25, 0.3) is 0 Å². The summed E-state index contributed by atoms with van der Waals surface area (Å²) in [5, 5.41) is 0. The zero-order valence-electron chi connectivity index (χ0n) is 7.14. The van der Waals surface area contributed by atoms with Crippen LogP contribution < -0.4 is 0 Å². The molecule has 0 aromatic carbocycles. The summed E-state index contributed by atoms with van der Waals surface area (Å²) < 4.78 is 0. The fraction of sp³-hybridized carbons (Fsp3) is 1.00. The van der Waals surface area contributed by atoms with E-state index in [1.165, 1.54) is 12.3 Å². The fourth-order valence-electron chi connectivity index (χ4n) is 2.49. The van der Waals surface area contributed by atoms with Crippen molar-refractivity contribution in [3.05, 3.63) is 0 Å². The first-order valence-corrected chi connectivity index (χ1v) is 4.79. The topological polar surface area (TPSA) is 0 Å². The van der Waals surface area contributed by atoms with Crippen LogP contribution >= 0.6 is 0 Å². The molecule has 0 heterocycles. The van der Waals surface area contributed by atoms with Gasteiger partial charge in [0.1, 0.15) is 0 Å². The first-order valence-electron chi connectivity index (χ1n) is 4.79. The third-order valence-corrected chi connectivity index (χ3v) is 3.47. The van der Waals surface area contributed by atoms with E-state index >= 15 is 0 Å². The summed E-state index contributed by atoms with van der Waals surface area (Å²) in [4.78, 5) is 0. The van der Waals surface area contributed by atoms with Crippen molar-refractivity contribution in [1.29, 1.82) is 0 Å². The molecular weight excluding hydrogens is 120 g/mol. The van der Waals surface area contributed by atoms with Crippen LogP contribution in [0.25, 0.3) is 0 Å². The van der Waals surface area contributed by atoms with Gasteiger partial charge in [-0.3, -0.25) is 0 Å². The van der Waals surface area contributed by atoms with Crippen LogP contribution in [0.5, 0.6) is 0 Å². The monoisotopic (exact) mass is 138 g/mol. The van der Waals surface area contributed by atoms with Crippen LogP contribution in [-0.2, 0) is 0 Å². The second kappa shape index (κ2) is 2.25. The van der Waals surface area contributed by atoms with Gasteiger partial charge >= 0.3 is 0 Å². The van der Waals surface area contributed by atoms with E-state index in [9.17, 15) is 0 Å². The van der Waals surface area contributed by atoms with Crippen molar-refractivity contribution in [3.8, 4) is 0 Å². The minimum absolute atomic E-state index is 0.958. The first kappa shape index (κ1) is 6.69. The quantitative estimate of drug-likeness (QED) is 0.550. The highest BCUT2D eigenvalue weighted by Gasteiger charge is 2.42. The number of rotatable bonds is 2. The maximum Gasteiger partial charge on any atom is -0.0355 e. The van der Waals surface area contributed by atoms with Crippen molar-refractivity contribution in [2.75, 3.05) is 0 Å². The van der Waals surface area contributed by atoms with Crippen LogP contribution in [0.3, 0.4) is 0 Å². The third kappa shape index (κ3) is 0.980. The molecule has 0 heteroatoms. The Balaban J connectivity index is 1.86. The lowest BCUT2D eigenvalue weighted by atomic mass is 9.66. The van der Waals surface area contributed by atoms with E-state index in [2.05, 4.69) is 13.8 Å². The minimum Gasteiger partial charge on any atom is -0.0625 e. The molecule has 0 saturated heterocycles.